The summed E-state index contributed by atoms with van der Waals surface area (Å²) in [5, 5.41) is 3.75. The van der Waals surface area contributed by atoms with Crippen molar-refractivity contribution in [2.24, 2.45) is 5.92 Å². The van der Waals surface area contributed by atoms with Gasteiger partial charge in [-0.2, -0.15) is 0 Å². The van der Waals surface area contributed by atoms with Crippen LogP contribution in [-0.2, 0) is 0 Å². The molecule has 0 spiro atoms. The minimum Gasteiger partial charge on any atom is -0.314 e. The maximum absolute atomic E-state index is 3.75. The molecule has 0 amide bonds. The lowest BCUT2D eigenvalue weighted by Crippen LogP contribution is -2.31. The molecule has 1 N–H and O–H groups in total. The van der Waals surface area contributed by atoms with Gasteiger partial charge in [0.2, 0.25) is 0 Å². The maximum Gasteiger partial charge on any atom is 0.00695 e. The second-order valence-electron chi connectivity index (χ2n) is 6.31. The normalized spacial score (nSPS) is 14.5. The van der Waals surface area contributed by atoms with Gasteiger partial charge in [0.1, 0.15) is 0 Å². The van der Waals surface area contributed by atoms with Gasteiger partial charge in [-0.1, -0.05) is 79.1 Å². The van der Waals surface area contributed by atoms with Crippen LogP contribution in [0, 0.1) is 5.92 Å². The molecule has 0 fully saturated rings. The van der Waals surface area contributed by atoms with Gasteiger partial charge in [0.05, 0.1) is 0 Å². The lowest BCUT2D eigenvalue weighted by atomic mass is 9.95. The molecule has 0 aromatic carbocycles. The quantitative estimate of drug-likeness (QED) is 0.385. The predicted octanol–water partition coefficient (Wildman–Crippen LogP) is 5.93. The van der Waals surface area contributed by atoms with Crippen molar-refractivity contribution < 1.29 is 0 Å². The summed E-state index contributed by atoms with van der Waals surface area (Å²) in [5.41, 5.74) is 0. The van der Waals surface area contributed by atoms with E-state index >= 15 is 0 Å². The summed E-state index contributed by atoms with van der Waals surface area (Å²) in [7, 11) is 0. The second-order valence-corrected chi connectivity index (χ2v) is 6.31. The summed E-state index contributed by atoms with van der Waals surface area (Å²) in [5.74, 6) is 0.874. The van der Waals surface area contributed by atoms with E-state index in [9.17, 15) is 0 Å². The van der Waals surface area contributed by atoms with Gasteiger partial charge in [-0.3, -0.25) is 0 Å². The van der Waals surface area contributed by atoms with Crippen LogP contribution in [0.1, 0.15) is 98.3 Å². The van der Waals surface area contributed by atoms with Crippen LogP contribution in [0.15, 0.2) is 0 Å². The summed E-state index contributed by atoms with van der Waals surface area (Å²) < 4.78 is 0. The summed E-state index contributed by atoms with van der Waals surface area (Å²) in [6, 6.07) is 0.769. The van der Waals surface area contributed by atoms with Gasteiger partial charge in [-0.15, -0.1) is 0 Å². The maximum atomic E-state index is 3.75. The van der Waals surface area contributed by atoms with Crippen molar-refractivity contribution in [3.05, 3.63) is 0 Å². The molecule has 116 valence electrons. The van der Waals surface area contributed by atoms with E-state index in [-0.39, 0.29) is 0 Å². The molecule has 2 atom stereocenters. The average molecular weight is 270 g/mol. The van der Waals surface area contributed by atoms with Crippen molar-refractivity contribution in [1.29, 1.82) is 0 Å². The van der Waals surface area contributed by atoms with Gasteiger partial charge in [0.25, 0.3) is 0 Å². The van der Waals surface area contributed by atoms with Crippen LogP contribution in [0.25, 0.3) is 0 Å². The molecule has 0 aromatic heterocycles. The minimum atomic E-state index is 0.769. The highest BCUT2D eigenvalue weighted by Gasteiger charge is 2.11. The predicted molar refractivity (Wildman–Crippen MR) is 88.8 cm³/mol. The molecule has 1 heteroatoms. The zero-order chi connectivity index (χ0) is 14.3. The van der Waals surface area contributed by atoms with Crippen LogP contribution in [0.4, 0.5) is 0 Å². The third-order valence-corrected chi connectivity index (χ3v) is 4.22. The van der Waals surface area contributed by atoms with Crippen LogP contribution in [0.3, 0.4) is 0 Å². The van der Waals surface area contributed by atoms with Crippen LogP contribution < -0.4 is 5.32 Å². The fourth-order valence-corrected chi connectivity index (χ4v) is 2.65. The van der Waals surface area contributed by atoms with Gasteiger partial charge in [0.15, 0.2) is 0 Å². The van der Waals surface area contributed by atoms with Gasteiger partial charge in [0, 0.05) is 6.04 Å². The monoisotopic (exact) mass is 269 g/mol. The number of rotatable bonds is 14. The summed E-state index contributed by atoms with van der Waals surface area (Å²) in [4.78, 5) is 0. The molecule has 0 heterocycles. The Hall–Kier alpha value is -0.0400. The number of unbranched alkanes of at least 4 members (excludes halogenated alkanes) is 6. The molecule has 0 saturated carbocycles. The molecule has 0 bridgehead atoms. The van der Waals surface area contributed by atoms with E-state index < -0.39 is 0 Å². The van der Waals surface area contributed by atoms with E-state index in [0.717, 1.165) is 12.0 Å². The Balaban J connectivity index is 3.61. The highest BCUT2D eigenvalue weighted by atomic mass is 14.9. The fraction of sp³-hybridized carbons (Fsp3) is 1.00. The minimum absolute atomic E-state index is 0.769. The summed E-state index contributed by atoms with van der Waals surface area (Å²) >= 11 is 0. The molecule has 1 nitrogen and oxygen atoms in total. The Morgan fingerprint density at radius 2 is 1.42 bits per heavy atom. The van der Waals surface area contributed by atoms with Crippen molar-refractivity contribution in [2.75, 3.05) is 6.54 Å². The zero-order valence-corrected chi connectivity index (χ0v) is 14.1. The van der Waals surface area contributed by atoms with Crippen molar-refractivity contribution in [2.45, 2.75) is 104 Å². The van der Waals surface area contributed by atoms with E-state index in [1.54, 1.807) is 0 Å². The lowest BCUT2D eigenvalue weighted by Gasteiger charge is -2.21. The lowest BCUT2D eigenvalue weighted by molar-refractivity contribution is 0.366. The molecule has 0 aliphatic rings. The first-order chi connectivity index (χ1) is 9.24. The SMILES string of the molecule is CCCCCCCCCC(CC(C)CC)NCCC. The summed E-state index contributed by atoms with van der Waals surface area (Å²) in [6.45, 7) is 10.5. The third kappa shape index (κ3) is 12.7. The van der Waals surface area contributed by atoms with Crippen molar-refractivity contribution in [1.82, 2.24) is 5.32 Å². The Kier molecular flexibility index (Phi) is 14.3. The fourth-order valence-electron chi connectivity index (χ4n) is 2.65. The molecular formula is C18H39N. The first kappa shape index (κ1) is 19.0. The van der Waals surface area contributed by atoms with Crippen LogP contribution in [0.2, 0.25) is 0 Å². The number of nitrogens with one attached hydrogen (secondary N) is 1. The van der Waals surface area contributed by atoms with Crippen molar-refractivity contribution in [3.63, 3.8) is 0 Å². The standard InChI is InChI=1S/C18H39N/c1-5-8-9-10-11-12-13-14-18(19-15-6-2)16-17(4)7-3/h17-19H,5-16H2,1-4H3. The van der Waals surface area contributed by atoms with Crippen molar-refractivity contribution >= 4 is 0 Å². The van der Waals surface area contributed by atoms with Gasteiger partial charge < -0.3 is 5.32 Å². The molecule has 2 unspecified atom stereocenters. The van der Waals surface area contributed by atoms with E-state index in [1.807, 2.05) is 0 Å². The topological polar surface area (TPSA) is 12.0 Å². The van der Waals surface area contributed by atoms with Gasteiger partial charge in [-0.25, -0.2) is 0 Å². The van der Waals surface area contributed by atoms with Crippen LogP contribution >= 0.6 is 0 Å². The number of hydrogen-bond acceptors (Lipinski definition) is 1. The van der Waals surface area contributed by atoms with E-state index in [1.165, 1.54) is 77.2 Å². The molecule has 0 rings (SSSR count). The van der Waals surface area contributed by atoms with Gasteiger partial charge >= 0.3 is 0 Å². The molecule has 0 saturated heterocycles. The Bertz CT molecular complexity index is 167. The second kappa shape index (κ2) is 14.4. The molecule has 0 radical (unpaired) electrons. The molecular weight excluding hydrogens is 230 g/mol. The van der Waals surface area contributed by atoms with Gasteiger partial charge in [-0.05, 0) is 31.7 Å². The van der Waals surface area contributed by atoms with Crippen molar-refractivity contribution in [3.8, 4) is 0 Å². The Morgan fingerprint density at radius 1 is 0.789 bits per heavy atom. The average Bonchev–Trinajstić information content (AvgIpc) is 2.43. The van der Waals surface area contributed by atoms with Crippen LogP contribution in [-0.4, -0.2) is 12.6 Å². The zero-order valence-electron chi connectivity index (χ0n) is 14.1. The Morgan fingerprint density at radius 3 is 2.00 bits per heavy atom. The molecule has 19 heavy (non-hydrogen) atoms. The van der Waals surface area contributed by atoms with E-state index in [2.05, 4.69) is 33.0 Å². The largest absolute Gasteiger partial charge is 0.314 e. The first-order valence-corrected chi connectivity index (χ1v) is 8.97. The molecule has 0 aliphatic carbocycles. The third-order valence-electron chi connectivity index (χ3n) is 4.22. The number of hydrogen-bond donors (Lipinski definition) is 1. The van der Waals surface area contributed by atoms with E-state index in [0.29, 0.717) is 0 Å². The van der Waals surface area contributed by atoms with E-state index in [4.69, 9.17) is 0 Å². The molecule has 0 aromatic rings. The highest BCUT2D eigenvalue weighted by Crippen LogP contribution is 2.16. The highest BCUT2D eigenvalue weighted by molar-refractivity contribution is 4.69. The summed E-state index contributed by atoms with van der Waals surface area (Å²) in [6.07, 6.45) is 15.3. The smallest absolute Gasteiger partial charge is 0.00695 e. The molecule has 0 aliphatic heterocycles. The first-order valence-electron chi connectivity index (χ1n) is 8.97. The van der Waals surface area contributed by atoms with Crippen LogP contribution in [0.5, 0.6) is 0 Å². The Labute approximate surface area is 122 Å².